The van der Waals surface area contributed by atoms with Crippen molar-refractivity contribution < 1.29 is 22.3 Å². The van der Waals surface area contributed by atoms with E-state index in [1.165, 1.54) is 0 Å². The molecule has 0 amide bonds. The Bertz CT molecular complexity index is 18.5. The van der Waals surface area contributed by atoms with Crippen molar-refractivity contribution in [3.63, 3.8) is 0 Å². The maximum absolute atomic E-state index is 3.25. The van der Waals surface area contributed by atoms with Gasteiger partial charge in [0.05, 0.1) is 0 Å². The van der Waals surface area contributed by atoms with Crippen LogP contribution in [0.15, 0.2) is 0 Å². The van der Waals surface area contributed by atoms with E-state index in [0.717, 1.165) is 0 Å². The van der Waals surface area contributed by atoms with Crippen LogP contribution >= 0.6 is 0 Å². The quantitative estimate of drug-likeness (QED) is 0.449. The molecule has 0 radical (unpaired) electrons. The molecule has 0 aromatic rings. The number of rotatable bonds is 0. The fourth-order valence-electron chi connectivity index (χ4n) is 0. The Labute approximate surface area is 92.9 Å². The summed E-state index contributed by atoms with van der Waals surface area (Å²) in [6.07, 6.45) is 0. The van der Waals surface area contributed by atoms with Crippen LogP contribution in [0.2, 0.25) is 0 Å². The number of hydrogen-bond donors (Lipinski definition) is 1. The molecule has 0 saturated carbocycles. The predicted octanol–water partition coefficient (Wildman–Crippen LogP) is 1.68. The first-order valence-corrected chi connectivity index (χ1v) is 1.41. The molecule has 3 heteroatoms. The molecule has 40 valence electrons. The second-order valence-electron chi connectivity index (χ2n) is 0. The van der Waals surface area contributed by atoms with Crippen molar-refractivity contribution in [2.75, 3.05) is 0 Å². The molecular formula is C4H15CaNZn. The van der Waals surface area contributed by atoms with E-state index in [2.05, 4.69) is 13.8 Å². The Morgan fingerprint density at radius 1 is 1.00 bits per heavy atom. The second-order valence-corrected chi connectivity index (χ2v) is 0. The average Bonchev–Trinajstić information content (AvgIpc) is 1.50. The third kappa shape index (κ3) is 78.8. The first-order valence-electron chi connectivity index (χ1n) is 1.41. The van der Waals surface area contributed by atoms with E-state index in [4.69, 9.17) is 0 Å². The summed E-state index contributed by atoms with van der Waals surface area (Å²) in [4.78, 5) is 0. The second kappa shape index (κ2) is 108. The van der Waals surface area contributed by atoms with Crippen molar-refractivity contribution in [2.45, 2.75) is 13.8 Å². The van der Waals surface area contributed by atoms with E-state index < -0.39 is 0 Å². The summed E-state index contributed by atoms with van der Waals surface area (Å²) in [5.41, 5.74) is 0. The minimum absolute atomic E-state index is 0. The van der Waals surface area contributed by atoms with E-state index in [1.54, 1.807) is 13.8 Å². The van der Waals surface area contributed by atoms with Crippen molar-refractivity contribution in [1.82, 2.24) is 6.15 Å². The number of hydrogen-bond acceptors (Lipinski definition) is 1. The standard InChI is InChI=1S/2C2H5.Ca.H3N.Zn.2H/c2*1-2;;;;;/h2*1H2,2H3;;1H3;;;/q2*-1;+2;;+2;2*-1. The minimum Gasteiger partial charge on any atom is -1.00 e. The van der Waals surface area contributed by atoms with E-state index in [0.29, 0.717) is 0 Å². The van der Waals surface area contributed by atoms with Crippen LogP contribution in [0.25, 0.3) is 0 Å². The molecule has 0 saturated heterocycles. The van der Waals surface area contributed by atoms with Crippen LogP contribution in [0.5, 0.6) is 0 Å². The third-order valence-electron chi connectivity index (χ3n) is 0. The van der Waals surface area contributed by atoms with Crippen molar-refractivity contribution in [2.24, 2.45) is 0 Å². The molecule has 0 aromatic carbocycles. The fourth-order valence-corrected chi connectivity index (χ4v) is 0. The zero-order chi connectivity index (χ0) is 4.00. The van der Waals surface area contributed by atoms with Gasteiger partial charge in [0, 0.05) is 0 Å². The van der Waals surface area contributed by atoms with Gasteiger partial charge in [-0.1, -0.05) is 0 Å². The van der Waals surface area contributed by atoms with Crippen LogP contribution < -0.4 is 6.15 Å². The van der Waals surface area contributed by atoms with Crippen molar-refractivity contribution in [3.05, 3.63) is 13.8 Å². The molecule has 0 aromatic heterocycles. The molecule has 0 aliphatic carbocycles. The molecule has 0 heterocycles. The van der Waals surface area contributed by atoms with Crippen LogP contribution in [0.4, 0.5) is 0 Å². The van der Waals surface area contributed by atoms with E-state index in [9.17, 15) is 0 Å². The van der Waals surface area contributed by atoms with Gasteiger partial charge in [-0.25, -0.2) is 0 Å². The molecule has 0 atom stereocenters. The van der Waals surface area contributed by atoms with Crippen LogP contribution in [0.1, 0.15) is 16.7 Å². The summed E-state index contributed by atoms with van der Waals surface area (Å²) in [5.74, 6) is 0. The van der Waals surface area contributed by atoms with Crippen LogP contribution in [-0.4, -0.2) is 37.7 Å². The predicted molar refractivity (Wildman–Crippen MR) is 35.1 cm³/mol. The van der Waals surface area contributed by atoms with Gasteiger partial charge in [0.2, 0.25) is 0 Å². The molecular weight excluding hydrogens is 168 g/mol. The van der Waals surface area contributed by atoms with Crippen molar-refractivity contribution in [3.8, 4) is 0 Å². The molecule has 0 unspecified atom stereocenters. The molecule has 0 aliphatic rings. The summed E-state index contributed by atoms with van der Waals surface area (Å²) in [6, 6.07) is 0. The van der Waals surface area contributed by atoms with Gasteiger partial charge in [0.25, 0.3) is 0 Å². The largest absolute Gasteiger partial charge is 2.00 e. The monoisotopic (exact) mass is 181 g/mol. The molecule has 0 bridgehead atoms. The molecule has 0 rings (SSSR count). The Kier molecular flexibility index (Phi) is 569. The summed E-state index contributed by atoms with van der Waals surface area (Å²) in [6.45, 7) is 10.0. The van der Waals surface area contributed by atoms with Crippen molar-refractivity contribution >= 4 is 37.7 Å². The van der Waals surface area contributed by atoms with E-state index in [-0.39, 0.29) is 66.2 Å². The molecule has 0 spiro atoms. The smallest absolute Gasteiger partial charge is 1.00 e. The Morgan fingerprint density at radius 2 is 1.00 bits per heavy atom. The SMILES string of the molecule is N.[CH2-]C.[CH2-]C.[Ca+2].[H-].[H-].[Zn+2]. The van der Waals surface area contributed by atoms with Crippen LogP contribution in [0.3, 0.4) is 0 Å². The van der Waals surface area contributed by atoms with Crippen molar-refractivity contribution in [1.29, 1.82) is 0 Å². The molecule has 0 aliphatic heterocycles. The van der Waals surface area contributed by atoms with Gasteiger partial charge < -0.3 is 22.9 Å². The Morgan fingerprint density at radius 3 is 1.00 bits per heavy atom. The Balaban J connectivity index is -0.00000000114. The first-order chi connectivity index (χ1) is 2.00. The normalized spacial score (nSPS) is 1.71. The minimum atomic E-state index is 0. The summed E-state index contributed by atoms with van der Waals surface area (Å²) in [7, 11) is 0. The van der Waals surface area contributed by atoms with Gasteiger partial charge in [0.1, 0.15) is 0 Å². The van der Waals surface area contributed by atoms with Gasteiger partial charge in [-0.2, -0.15) is 13.8 Å². The Hall–Kier alpha value is 1.84. The van der Waals surface area contributed by atoms with Gasteiger partial charge in [0.15, 0.2) is 0 Å². The maximum Gasteiger partial charge on any atom is 2.00 e. The van der Waals surface area contributed by atoms with E-state index >= 15 is 0 Å². The topological polar surface area (TPSA) is 35.0 Å². The maximum atomic E-state index is 3.25. The zero-order valence-corrected chi connectivity index (χ0v) is 10.7. The molecule has 7 heavy (non-hydrogen) atoms. The van der Waals surface area contributed by atoms with Gasteiger partial charge in [-0.3, -0.25) is 0 Å². The van der Waals surface area contributed by atoms with Gasteiger partial charge in [-0.05, 0) is 0 Å². The van der Waals surface area contributed by atoms with Gasteiger partial charge >= 0.3 is 57.2 Å². The molecule has 1 nitrogen and oxygen atoms in total. The fraction of sp³-hybridized carbons (Fsp3) is 0.500. The molecule has 3 N–H and O–H groups in total. The van der Waals surface area contributed by atoms with E-state index in [1.807, 2.05) is 0 Å². The summed E-state index contributed by atoms with van der Waals surface area (Å²) >= 11 is 0. The zero-order valence-electron chi connectivity index (χ0n) is 7.54. The van der Waals surface area contributed by atoms with Crippen LogP contribution in [0, 0.1) is 13.8 Å². The first kappa shape index (κ1) is 36.8. The molecule has 0 fully saturated rings. The third-order valence-corrected chi connectivity index (χ3v) is 0. The summed E-state index contributed by atoms with van der Waals surface area (Å²) < 4.78 is 0. The van der Waals surface area contributed by atoms with Crippen LogP contribution in [-0.2, 0) is 19.5 Å². The van der Waals surface area contributed by atoms with Gasteiger partial charge in [-0.15, -0.1) is 0 Å². The average molecular weight is 183 g/mol. The summed E-state index contributed by atoms with van der Waals surface area (Å²) in [5, 5.41) is 0.